The van der Waals surface area contributed by atoms with Gasteiger partial charge >= 0.3 is 12.0 Å². The summed E-state index contributed by atoms with van der Waals surface area (Å²) in [5.41, 5.74) is 7.29. The van der Waals surface area contributed by atoms with Crippen LogP contribution in [0.5, 0.6) is 0 Å². The lowest BCUT2D eigenvalue weighted by Crippen LogP contribution is -2.44. The normalized spacial score (nSPS) is 13.8. The van der Waals surface area contributed by atoms with Crippen molar-refractivity contribution in [2.75, 3.05) is 24.5 Å². The van der Waals surface area contributed by atoms with E-state index in [1.165, 1.54) is 6.07 Å². The number of carboxylic acids is 1. The predicted octanol–water partition coefficient (Wildman–Crippen LogP) is 0.806. The molecule has 0 aromatic heterocycles. The minimum atomic E-state index is -0.951. The molecular weight excluding hydrogens is 246 g/mol. The number of anilines is 1. The Bertz CT molecular complexity index is 502. The molecule has 0 fully saturated rings. The average Bonchev–Trinajstić information content (AvgIpc) is 2.43. The predicted molar refractivity (Wildman–Crippen MR) is 71.5 cm³/mol. The number of benzene rings is 1. The third-order valence-electron chi connectivity index (χ3n) is 3.11. The van der Waals surface area contributed by atoms with Crippen LogP contribution in [0.2, 0.25) is 0 Å². The van der Waals surface area contributed by atoms with Crippen molar-refractivity contribution >= 4 is 17.7 Å². The van der Waals surface area contributed by atoms with Gasteiger partial charge in [0.15, 0.2) is 0 Å². The molecule has 0 unspecified atom stereocenters. The maximum Gasteiger partial charge on any atom is 0.335 e. The van der Waals surface area contributed by atoms with E-state index >= 15 is 0 Å². The lowest BCUT2D eigenvalue weighted by Gasteiger charge is -2.29. The number of aromatic carboxylic acids is 1. The van der Waals surface area contributed by atoms with Crippen molar-refractivity contribution in [1.82, 2.24) is 5.32 Å². The molecule has 0 spiro atoms. The Balaban J connectivity index is 2.24. The number of urea groups is 1. The van der Waals surface area contributed by atoms with E-state index in [0.717, 1.165) is 24.1 Å². The van der Waals surface area contributed by atoms with Gasteiger partial charge in [-0.3, -0.25) is 4.90 Å². The molecule has 6 nitrogen and oxygen atoms in total. The number of carbonyl (C=O) groups is 2. The first kappa shape index (κ1) is 13.4. The number of carboxylic acid groups (broad SMARTS) is 1. The van der Waals surface area contributed by atoms with Gasteiger partial charge in [-0.15, -0.1) is 0 Å². The van der Waals surface area contributed by atoms with Crippen LogP contribution in [0, 0.1) is 0 Å². The van der Waals surface area contributed by atoms with Gasteiger partial charge in [0.05, 0.1) is 5.56 Å². The van der Waals surface area contributed by atoms with E-state index in [9.17, 15) is 9.59 Å². The first-order valence-corrected chi connectivity index (χ1v) is 6.25. The third-order valence-corrected chi connectivity index (χ3v) is 3.11. The van der Waals surface area contributed by atoms with Gasteiger partial charge in [0.2, 0.25) is 0 Å². The minimum absolute atomic E-state index is 0.186. The minimum Gasteiger partial charge on any atom is -0.478 e. The first-order chi connectivity index (χ1) is 9.13. The Morgan fingerprint density at radius 1 is 1.42 bits per heavy atom. The van der Waals surface area contributed by atoms with E-state index in [1.807, 2.05) is 0 Å². The summed E-state index contributed by atoms with van der Waals surface area (Å²) in [6.45, 7) is 1.46. The number of nitrogens with two attached hydrogens (primary N) is 1. The quantitative estimate of drug-likeness (QED) is 0.751. The monoisotopic (exact) mass is 263 g/mol. The van der Waals surface area contributed by atoms with Crippen LogP contribution >= 0.6 is 0 Å². The number of rotatable bonds is 3. The summed E-state index contributed by atoms with van der Waals surface area (Å²) >= 11 is 0. The SMILES string of the molecule is NCCNC(=O)N1CCCc2cc(C(=O)O)ccc21. The summed E-state index contributed by atoms with van der Waals surface area (Å²) in [5, 5.41) is 11.7. The lowest BCUT2D eigenvalue weighted by atomic mass is 9.99. The van der Waals surface area contributed by atoms with Crippen LogP contribution in [0.15, 0.2) is 18.2 Å². The number of hydrogen-bond acceptors (Lipinski definition) is 3. The van der Waals surface area contributed by atoms with Crippen molar-refractivity contribution in [2.45, 2.75) is 12.8 Å². The molecule has 0 radical (unpaired) electrons. The molecule has 1 aromatic carbocycles. The Morgan fingerprint density at radius 2 is 2.21 bits per heavy atom. The maximum absolute atomic E-state index is 12.0. The first-order valence-electron chi connectivity index (χ1n) is 6.25. The Morgan fingerprint density at radius 3 is 2.89 bits per heavy atom. The highest BCUT2D eigenvalue weighted by molar-refractivity contribution is 5.95. The fourth-order valence-electron chi connectivity index (χ4n) is 2.22. The molecule has 6 heteroatoms. The van der Waals surface area contributed by atoms with Gasteiger partial charge < -0.3 is 16.2 Å². The molecule has 0 aliphatic carbocycles. The number of carbonyl (C=O) groups excluding carboxylic acids is 1. The second-order valence-corrected chi connectivity index (χ2v) is 4.42. The number of aryl methyl sites for hydroxylation is 1. The molecule has 1 heterocycles. The third kappa shape index (κ3) is 2.85. The molecule has 4 N–H and O–H groups in total. The Labute approximate surface area is 111 Å². The number of amides is 2. The van der Waals surface area contributed by atoms with Crippen LogP contribution in [-0.4, -0.2) is 36.7 Å². The van der Waals surface area contributed by atoms with Crippen LogP contribution in [-0.2, 0) is 6.42 Å². The molecule has 2 amide bonds. The molecule has 0 bridgehead atoms. The van der Waals surface area contributed by atoms with Gasteiger partial charge in [0.1, 0.15) is 0 Å². The number of hydrogen-bond donors (Lipinski definition) is 3. The highest BCUT2D eigenvalue weighted by Crippen LogP contribution is 2.28. The highest BCUT2D eigenvalue weighted by Gasteiger charge is 2.22. The number of fused-ring (bicyclic) bond motifs is 1. The molecule has 0 saturated carbocycles. The smallest absolute Gasteiger partial charge is 0.335 e. The summed E-state index contributed by atoms with van der Waals surface area (Å²) in [6, 6.07) is 4.67. The second kappa shape index (κ2) is 5.71. The number of nitrogens with one attached hydrogen (secondary N) is 1. The molecule has 1 aliphatic rings. The van der Waals surface area contributed by atoms with Crippen molar-refractivity contribution in [3.8, 4) is 0 Å². The molecular formula is C13H17N3O3. The van der Waals surface area contributed by atoms with Gasteiger partial charge in [-0.2, -0.15) is 0 Å². The summed E-state index contributed by atoms with van der Waals surface area (Å²) < 4.78 is 0. The van der Waals surface area contributed by atoms with Crippen LogP contribution in [0.25, 0.3) is 0 Å². The zero-order chi connectivity index (χ0) is 13.8. The van der Waals surface area contributed by atoms with Crippen LogP contribution in [0.3, 0.4) is 0 Å². The van der Waals surface area contributed by atoms with Crippen LogP contribution in [0.4, 0.5) is 10.5 Å². The van der Waals surface area contributed by atoms with Crippen molar-refractivity contribution in [3.63, 3.8) is 0 Å². The molecule has 0 saturated heterocycles. The maximum atomic E-state index is 12.0. The van der Waals surface area contributed by atoms with Gasteiger partial charge in [0.25, 0.3) is 0 Å². The summed E-state index contributed by atoms with van der Waals surface area (Å²) in [7, 11) is 0. The molecule has 1 aliphatic heterocycles. The van der Waals surface area contributed by atoms with Gasteiger partial charge in [-0.1, -0.05) is 0 Å². The average molecular weight is 263 g/mol. The van der Waals surface area contributed by atoms with Gasteiger partial charge in [-0.05, 0) is 36.6 Å². The van der Waals surface area contributed by atoms with Crippen molar-refractivity contribution in [3.05, 3.63) is 29.3 Å². The van der Waals surface area contributed by atoms with E-state index < -0.39 is 5.97 Å². The van der Waals surface area contributed by atoms with Crippen LogP contribution < -0.4 is 16.0 Å². The fraction of sp³-hybridized carbons (Fsp3) is 0.385. The largest absolute Gasteiger partial charge is 0.478 e. The van der Waals surface area contributed by atoms with Crippen molar-refractivity contribution in [1.29, 1.82) is 0 Å². The molecule has 1 aromatic rings. The Kier molecular flexibility index (Phi) is 4.01. The lowest BCUT2D eigenvalue weighted by molar-refractivity contribution is 0.0696. The van der Waals surface area contributed by atoms with Gasteiger partial charge in [-0.25, -0.2) is 9.59 Å². The molecule has 0 atom stereocenters. The van der Waals surface area contributed by atoms with E-state index in [2.05, 4.69) is 5.32 Å². The molecule has 2 rings (SSSR count). The summed E-state index contributed by atoms with van der Waals surface area (Å²) in [4.78, 5) is 24.6. The summed E-state index contributed by atoms with van der Waals surface area (Å²) in [6.07, 6.45) is 1.61. The Hall–Kier alpha value is -2.08. The number of nitrogens with zero attached hydrogens (tertiary/aromatic N) is 1. The zero-order valence-corrected chi connectivity index (χ0v) is 10.6. The van der Waals surface area contributed by atoms with E-state index in [1.54, 1.807) is 17.0 Å². The van der Waals surface area contributed by atoms with E-state index in [0.29, 0.717) is 19.6 Å². The highest BCUT2D eigenvalue weighted by atomic mass is 16.4. The molecule has 102 valence electrons. The van der Waals surface area contributed by atoms with E-state index in [-0.39, 0.29) is 11.6 Å². The van der Waals surface area contributed by atoms with Crippen molar-refractivity contribution < 1.29 is 14.7 Å². The molecule has 19 heavy (non-hydrogen) atoms. The van der Waals surface area contributed by atoms with Crippen molar-refractivity contribution in [2.24, 2.45) is 5.73 Å². The van der Waals surface area contributed by atoms with Crippen LogP contribution in [0.1, 0.15) is 22.3 Å². The zero-order valence-electron chi connectivity index (χ0n) is 10.6. The second-order valence-electron chi connectivity index (χ2n) is 4.42. The fourth-order valence-corrected chi connectivity index (χ4v) is 2.22. The van der Waals surface area contributed by atoms with E-state index in [4.69, 9.17) is 10.8 Å². The topological polar surface area (TPSA) is 95.7 Å². The standard InChI is InChI=1S/C13H17N3O3/c14-5-6-15-13(19)16-7-1-2-9-8-10(12(17)18)3-4-11(9)16/h3-4,8H,1-2,5-7,14H2,(H,15,19)(H,17,18). The summed E-state index contributed by atoms with van der Waals surface area (Å²) in [5.74, 6) is -0.951. The van der Waals surface area contributed by atoms with Gasteiger partial charge in [0, 0.05) is 25.3 Å².